The number of nitro benzene ring substituents is 1. The summed E-state index contributed by atoms with van der Waals surface area (Å²) in [6.45, 7) is 1.43. The maximum Gasteiger partial charge on any atom is 0.289 e. The first-order valence-electron chi connectivity index (χ1n) is 9.96. The fourth-order valence-corrected chi connectivity index (χ4v) is 3.87. The second kappa shape index (κ2) is 8.81. The van der Waals surface area contributed by atoms with E-state index in [-0.39, 0.29) is 16.6 Å². The summed E-state index contributed by atoms with van der Waals surface area (Å²) in [6, 6.07) is 19.4. The fourth-order valence-electron chi connectivity index (χ4n) is 3.68. The SMILES string of the molecule is O=C(CCN(Cc1cccc2ccccc12)C1CC1)Nc1ccc(Cl)c([N+](=O)[O-])c1. The topological polar surface area (TPSA) is 75.5 Å². The average Bonchev–Trinajstić information content (AvgIpc) is 3.57. The van der Waals surface area contributed by atoms with Crippen molar-refractivity contribution < 1.29 is 9.72 Å². The van der Waals surface area contributed by atoms with E-state index in [1.807, 2.05) is 12.1 Å². The molecule has 0 bridgehead atoms. The molecule has 1 saturated carbocycles. The molecule has 0 aliphatic heterocycles. The van der Waals surface area contributed by atoms with Gasteiger partial charge in [-0.2, -0.15) is 0 Å². The molecule has 0 aromatic heterocycles. The number of carbonyl (C=O) groups excluding carboxylic acids is 1. The van der Waals surface area contributed by atoms with Crippen molar-refractivity contribution in [3.8, 4) is 0 Å². The van der Waals surface area contributed by atoms with Crippen LogP contribution in [0.25, 0.3) is 10.8 Å². The molecule has 0 unspecified atom stereocenters. The summed E-state index contributed by atoms with van der Waals surface area (Å²) < 4.78 is 0. The van der Waals surface area contributed by atoms with Crippen molar-refractivity contribution in [3.05, 3.63) is 81.4 Å². The van der Waals surface area contributed by atoms with Crippen LogP contribution in [0.3, 0.4) is 0 Å². The van der Waals surface area contributed by atoms with Gasteiger partial charge in [-0.3, -0.25) is 19.8 Å². The van der Waals surface area contributed by atoms with Gasteiger partial charge in [0, 0.05) is 37.3 Å². The predicted octanol–water partition coefficient (Wildman–Crippen LogP) is 5.39. The maximum absolute atomic E-state index is 12.5. The van der Waals surface area contributed by atoms with Crippen LogP contribution < -0.4 is 5.32 Å². The van der Waals surface area contributed by atoms with Crippen molar-refractivity contribution in [1.29, 1.82) is 0 Å². The summed E-state index contributed by atoms with van der Waals surface area (Å²) in [4.78, 5) is 25.3. The van der Waals surface area contributed by atoms with Crippen LogP contribution in [-0.2, 0) is 11.3 Å². The van der Waals surface area contributed by atoms with Gasteiger partial charge in [-0.1, -0.05) is 54.1 Å². The largest absolute Gasteiger partial charge is 0.326 e. The van der Waals surface area contributed by atoms with Gasteiger partial charge in [0.05, 0.1) is 4.92 Å². The molecule has 1 N–H and O–H groups in total. The Hall–Kier alpha value is -2.96. The van der Waals surface area contributed by atoms with Crippen LogP contribution in [0.4, 0.5) is 11.4 Å². The number of amides is 1. The molecule has 1 aliphatic rings. The Balaban J connectivity index is 1.40. The number of rotatable bonds is 8. The molecule has 30 heavy (non-hydrogen) atoms. The van der Waals surface area contributed by atoms with Crippen LogP contribution in [0, 0.1) is 10.1 Å². The lowest BCUT2D eigenvalue weighted by atomic mass is 10.0. The fraction of sp³-hybridized carbons (Fsp3) is 0.261. The number of fused-ring (bicyclic) bond motifs is 1. The molecule has 0 saturated heterocycles. The zero-order valence-corrected chi connectivity index (χ0v) is 17.1. The van der Waals surface area contributed by atoms with E-state index >= 15 is 0 Å². The first kappa shape index (κ1) is 20.3. The Labute approximate surface area is 179 Å². The average molecular weight is 424 g/mol. The molecule has 0 spiro atoms. The molecule has 1 aliphatic carbocycles. The van der Waals surface area contributed by atoms with Crippen molar-refractivity contribution in [2.24, 2.45) is 0 Å². The van der Waals surface area contributed by atoms with Gasteiger partial charge in [-0.15, -0.1) is 0 Å². The minimum atomic E-state index is -0.559. The van der Waals surface area contributed by atoms with Crippen LogP contribution >= 0.6 is 11.6 Å². The van der Waals surface area contributed by atoms with Gasteiger partial charge in [0.2, 0.25) is 5.91 Å². The molecular weight excluding hydrogens is 402 g/mol. The Morgan fingerprint density at radius 3 is 2.67 bits per heavy atom. The molecule has 154 valence electrons. The third-order valence-corrected chi connectivity index (χ3v) is 5.69. The summed E-state index contributed by atoms with van der Waals surface area (Å²) in [7, 11) is 0. The number of carbonyl (C=O) groups is 1. The summed E-state index contributed by atoms with van der Waals surface area (Å²) in [5, 5.41) is 16.3. The van der Waals surface area contributed by atoms with Gasteiger partial charge in [-0.25, -0.2) is 0 Å². The molecule has 6 nitrogen and oxygen atoms in total. The highest BCUT2D eigenvalue weighted by atomic mass is 35.5. The van der Waals surface area contributed by atoms with E-state index in [4.69, 9.17) is 11.6 Å². The number of halogens is 1. The zero-order chi connectivity index (χ0) is 21.1. The number of nitro groups is 1. The highest BCUT2D eigenvalue weighted by Crippen LogP contribution is 2.30. The van der Waals surface area contributed by atoms with Crippen LogP contribution in [0.2, 0.25) is 5.02 Å². The van der Waals surface area contributed by atoms with Crippen molar-refractivity contribution in [2.45, 2.75) is 31.8 Å². The number of benzene rings is 3. The van der Waals surface area contributed by atoms with Crippen molar-refractivity contribution in [3.63, 3.8) is 0 Å². The van der Waals surface area contributed by atoms with E-state index in [9.17, 15) is 14.9 Å². The summed E-state index contributed by atoms with van der Waals surface area (Å²) in [5.74, 6) is -0.171. The molecule has 0 radical (unpaired) electrons. The second-order valence-electron chi connectivity index (χ2n) is 7.56. The molecule has 3 aromatic rings. The third-order valence-electron chi connectivity index (χ3n) is 5.37. The summed E-state index contributed by atoms with van der Waals surface area (Å²) in [5.41, 5.74) is 1.42. The van der Waals surface area contributed by atoms with E-state index < -0.39 is 4.92 Å². The lowest BCUT2D eigenvalue weighted by molar-refractivity contribution is -0.384. The molecule has 1 fully saturated rings. The lowest BCUT2D eigenvalue weighted by Gasteiger charge is -2.22. The molecule has 1 amide bonds. The maximum atomic E-state index is 12.5. The van der Waals surface area contributed by atoms with Crippen LogP contribution in [0.5, 0.6) is 0 Å². The van der Waals surface area contributed by atoms with E-state index in [1.54, 1.807) is 6.07 Å². The van der Waals surface area contributed by atoms with Crippen LogP contribution in [0.15, 0.2) is 60.7 Å². The first-order valence-corrected chi connectivity index (χ1v) is 10.3. The molecular formula is C23H22ClN3O3. The summed E-state index contributed by atoms with van der Waals surface area (Å²) in [6.07, 6.45) is 2.61. The van der Waals surface area contributed by atoms with Crippen molar-refractivity contribution in [1.82, 2.24) is 4.90 Å². The highest BCUT2D eigenvalue weighted by molar-refractivity contribution is 6.32. The van der Waals surface area contributed by atoms with E-state index in [2.05, 4.69) is 40.5 Å². The number of nitrogens with one attached hydrogen (secondary N) is 1. The van der Waals surface area contributed by atoms with Gasteiger partial charge in [0.15, 0.2) is 0 Å². The number of anilines is 1. The summed E-state index contributed by atoms with van der Waals surface area (Å²) >= 11 is 5.83. The molecule has 4 rings (SSSR count). The molecule has 3 aromatic carbocycles. The number of hydrogen-bond acceptors (Lipinski definition) is 4. The predicted molar refractivity (Wildman–Crippen MR) is 119 cm³/mol. The Kier molecular flexibility index (Phi) is 5.97. The standard InChI is InChI=1S/C23H22ClN3O3/c24-21-11-8-18(14-22(21)27(29)30)25-23(28)12-13-26(19-9-10-19)15-17-6-3-5-16-4-1-2-7-20(16)17/h1-8,11,14,19H,9-10,12-13,15H2,(H,25,28). The van der Waals surface area contributed by atoms with Crippen molar-refractivity contribution >= 4 is 39.7 Å². The van der Waals surface area contributed by atoms with Crippen LogP contribution in [0.1, 0.15) is 24.8 Å². The van der Waals surface area contributed by atoms with Gasteiger partial charge in [0.1, 0.15) is 5.02 Å². The Morgan fingerprint density at radius 2 is 1.90 bits per heavy atom. The van der Waals surface area contributed by atoms with Gasteiger partial charge >= 0.3 is 0 Å². The van der Waals surface area contributed by atoms with Gasteiger partial charge in [0.25, 0.3) is 5.69 Å². The van der Waals surface area contributed by atoms with Crippen LogP contribution in [-0.4, -0.2) is 28.3 Å². The van der Waals surface area contributed by atoms with E-state index in [0.29, 0.717) is 24.7 Å². The minimum absolute atomic E-state index is 0.0491. The van der Waals surface area contributed by atoms with Gasteiger partial charge < -0.3 is 5.32 Å². The van der Waals surface area contributed by atoms with E-state index in [0.717, 1.165) is 19.4 Å². The smallest absolute Gasteiger partial charge is 0.289 e. The first-order chi connectivity index (χ1) is 14.5. The molecule has 0 atom stereocenters. The highest BCUT2D eigenvalue weighted by Gasteiger charge is 2.29. The Morgan fingerprint density at radius 1 is 1.13 bits per heavy atom. The van der Waals surface area contributed by atoms with Crippen molar-refractivity contribution in [2.75, 3.05) is 11.9 Å². The molecule has 0 heterocycles. The third kappa shape index (κ3) is 4.78. The molecule has 7 heteroatoms. The lowest BCUT2D eigenvalue weighted by Crippen LogP contribution is -2.29. The monoisotopic (exact) mass is 423 g/mol. The second-order valence-corrected chi connectivity index (χ2v) is 7.97. The quantitative estimate of drug-likeness (QED) is 0.389. The van der Waals surface area contributed by atoms with Gasteiger partial charge in [-0.05, 0) is 41.3 Å². The minimum Gasteiger partial charge on any atom is -0.326 e. The normalized spacial score (nSPS) is 13.5. The zero-order valence-electron chi connectivity index (χ0n) is 16.4. The van der Waals surface area contributed by atoms with E-state index in [1.165, 1.54) is 28.5 Å². The Bertz CT molecular complexity index is 1090. The number of hydrogen-bond donors (Lipinski definition) is 1. The number of nitrogens with zero attached hydrogens (tertiary/aromatic N) is 2.